The summed E-state index contributed by atoms with van der Waals surface area (Å²) in [5.41, 5.74) is 7.91. The van der Waals surface area contributed by atoms with E-state index in [2.05, 4.69) is 0 Å². The third kappa shape index (κ3) is 3.34. The van der Waals surface area contributed by atoms with E-state index in [0.29, 0.717) is 37.1 Å². The van der Waals surface area contributed by atoms with E-state index in [1.807, 2.05) is 5.32 Å². The van der Waals surface area contributed by atoms with E-state index in [1.165, 1.54) is 0 Å². The first-order chi connectivity index (χ1) is 10.8. The number of fused-ring (bicyclic) bond motifs is 1. The number of halogens is 4. The highest BCUT2D eigenvalue weighted by Crippen LogP contribution is 2.35. The summed E-state index contributed by atoms with van der Waals surface area (Å²) < 4.78 is 37.1. The van der Waals surface area contributed by atoms with Gasteiger partial charge in [0.1, 0.15) is 0 Å². The minimum atomic E-state index is -4.89. The van der Waals surface area contributed by atoms with Gasteiger partial charge >= 0.3 is 12.1 Å². The molecule has 1 aromatic carbocycles. The average molecular weight is 364 g/mol. The number of alkyl halides is 3. The molecule has 1 aromatic rings. The number of amides is 2. The number of hydrogen-bond acceptors (Lipinski definition) is 3. The summed E-state index contributed by atoms with van der Waals surface area (Å²) in [6.45, 7) is 0.535. The van der Waals surface area contributed by atoms with Crippen LogP contribution in [0.25, 0.3) is 0 Å². The molecule has 0 radical (unpaired) electrons. The number of hydrogen-bond donors (Lipinski definition) is 2. The number of aryl methyl sites for hydroxylation is 1. The average Bonchev–Trinajstić information content (AvgIpc) is 3.02. The van der Waals surface area contributed by atoms with Gasteiger partial charge < -0.3 is 16.0 Å². The van der Waals surface area contributed by atoms with Crippen molar-refractivity contribution in [2.45, 2.75) is 37.5 Å². The van der Waals surface area contributed by atoms with Gasteiger partial charge in [-0.25, -0.2) is 0 Å². The number of carbonyl (C=O) groups excluding carboxylic acids is 2. The van der Waals surface area contributed by atoms with E-state index in [1.54, 1.807) is 23.1 Å². The van der Waals surface area contributed by atoms with E-state index < -0.39 is 24.2 Å². The molecule has 2 atom stereocenters. The second-order valence-corrected chi connectivity index (χ2v) is 5.83. The highest BCUT2D eigenvalue weighted by molar-refractivity contribution is 5.99. The molecule has 2 aliphatic rings. The zero-order chi connectivity index (χ0) is 16.8. The molecule has 0 bridgehead atoms. The molecular formula is C15H17ClF3N3O2. The molecule has 0 saturated carbocycles. The van der Waals surface area contributed by atoms with Crippen LogP contribution < -0.4 is 16.0 Å². The molecule has 3 rings (SSSR count). The molecule has 0 spiro atoms. The normalized spacial score (nSPS) is 23.0. The Morgan fingerprint density at radius 1 is 1.29 bits per heavy atom. The van der Waals surface area contributed by atoms with E-state index in [4.69, 9.17) is 5.73 Å². The van der Waals surface area contributed by atoms with Crippen molar-refractivity contribution in [2.24, 2.45) is 5.73 Å². The van der Waals surface area contributed by atoms with Crippen molar-refractivity contribution in [3.63, 3.8) is 0 Å². The lowest BCUT2D eigenvalue weighted by Crippen LogP contribution is -2.38. The van der Waals surface area contributed by atoms with Gasteiger partial charge in [-0.15, -0.1) is 12.4 Å². The topological polar surface area (TPSA) is 75.4 Å². The van der Waals surface area contributed by atoms with Crippen LogP contribution in [0.5, 0.6) is 0 Å². The van der Waals surface area contributed by atoms with Crippen LogP contribution in [0.1, 0.15) is 30.0 Å². The summed E-state index contributed by atoms with van der Waals surface area (Å²) in [6, 6.07) is 4.01. The fourth-order valence-corrected chi connectivity index (χ4v) is 3.12. The van der Waals surface area contributed by atoms with E-state index in [9.17, 15) is 22.8 Å². The number of nitrogens with zero attached hydrogens (tertiary/aromatic N) is 1. The summed E-state index contributed by atoms with van der Waals surface area (Å²) in [4.78, 5) is 24.6. The molecule has 5 nitrogen and oxygen atoms in total. The monoisotopic (exact) mass is 363 g/mol. The first-order valence-electron chi connectivity index (χ1n) is 7.35. The summed E-state index contributed by atoms with van der Waals surface area (Å²) in [5, 5.41) is 2.02. The lowest BCUT2D eigenvalue weighted by molar-refractivity contribution is -0.174. The van der Waals surface area contributed by atoms with E-state index >= 15 is 0 Å². The Balaban J connectivity index is 0.00000208. The number of anilines is 1. The molecule has 1 fully saturated rings. The zero-order valence-corrected chi connectivity index (χ0v) is 13.4. The third-order valence-electron chi connectivity index (χ3n) is 4.33. The highest BCUT2D eigenvalue weighted by Gasteiger charge is 2.41. The van der Waals surface area contributed by atoms with Crippen LogP contribution in [0.2, 0.25) is 0 Å². The number of benzene rings is 1. The maximum Gasteiger partial charge on any atom is 0.471 e. The van der Waals surface area contributed by atoms with Crippen LogP contribution in [0, 0.1) is 0 Å². The van der Waals surface area contributed by atoms with Crippen molar-refractivity contribution < 1.29 is 22.8 Å². The van der Waals surface area contributed by atoms with Gasteiger partial charge in [0.2, 0.25) is 5.91 Å². The number of nitrogens with two attached hydrogens (primary N) is 1. The first-order valence-corrected chi connectivity index (χ1v) is 7.35. The predicted octanol–water partition coefficient (Wildman–Crippen LogP) is 1.84. The fraction of sp³-hybridized carbons (Fsp3) is 0.467. The predicted molar refractivity (Wildman–Crippen MR) is 83.9 cm³/mol. The molecule has 0 aromatic heterocycles. The largest absolute Gasteiger partial charge is 0.471 e. The second kappa shape index (κ2) is 6.60. The van der Waals surface area contributed by atoms with Gasteiger partial charge in [-0.2, -0.15) is 13.2 Å². The minimum Gasteiger partial charge on any atom is -0.341 e. The Kier molecular flexibility index (Phi) is 5.10. The van der Waals surface area contributed by atoms with Crippen LogP contribution in [0.15, 0.2) is 18.2 Å². The fourth-order valence-electron chi connectivity index (χ4n) is 3.12. The Morgan fingerprint density at radius 3 is 2.58 bits per heavy atom. The summed E-state index contributed by atoms with van der Waals surface area (Å²) >= 11 is 0. The van der Waals surface area contributed by atoms with Crippen molar-refractivity contribution in [3.8, 4) is 0 Å². The van der Waals surface area contributed by atoms with Crippen LogP contribution >= 0.6 is 12.4 Å². The molecule has 24 heavy (non-hydrogen) atoms. The smallest absolute Gasteiger partial charge is 0.341 e. The van der Waals surface area contributed by atoms with E-state index in [-0.39, 0.29) is 18.3 Å². The quantitative estimate of drug-likeness (QED) is 0.842. The summed E-state index contributed by atoms with van der Waals surface area (Å²) in [6.07, 6.45) is -3.34. The SMILES string of the molecule is Cl.N[C@H]1CCN(c2ccc3c(c2)CCC3NC(=O)C(F)(F)F)C1=O. The van der Waals surface area contributed by atoms with Crippen molar-refractivity contribution in [3.05, 3.63) is 29.3 Å². The van der Waals surface area contributed by atoms with Gasteiger partial charge in [0.25, 0.3) is 0 Å². The molecule has 2 amide bonds. The van der Waals surface area contributed by atoms with Crippen molar-refractivity contribution in [1.29, 1.82) is 0 Å². The van der Waals surface area contributed by atoms with Crippen LogP contribution in [0.3, 0.4) is 0 Å². The van der Waals surface area contributed by atoms with Gasteiger partial charge in [-0.3, -0.25) is 9.59 Å². The summed E-state index contributed by atoms with van der Waals surface area (Å²) in [7, 11) is 0. The lowest BCUT2D eigenvalue weighted by atomic mass is 10.1. The van der Waals surface area contributed by atoms with Gasteiger partial charge in [0.05, 0.1) is 12.1 Å². The second-order valence-electron chi connectivity index (χ2n) is 5.83. The zero-order valence-electron chi connectivity index (χ0n) is 12.6. The molecule has 9 heteroatoms. The molecule has 132 valence electrons. The highest BCUT2D eigenvalue weighted by atomic mass is 35.5. The number of rotatable bonds is 2. The molecule has 1 aliphatic carbocycles. The maximum atomic E-state index is 12.4. The Morgan fingerprint density at radius 2 is 2.00 bits per heavy atom. The molecule has 1 aliphatic heterocycles. The van der Waals surface area contributed by atoms with E-state index in [0.717, 1.165) is 5.56 Å². The number of nitrogens with one attached hydrogen (secondary N) is 1. The number of carbonyl (C=O) groups is 2. The van der Waals surface area contributed by atoms with Crippen LogP contribution in [-0.2, 0) is 16.0 Å². The van der Waals surface area contributed by atoms with Gasteiger partial charge in [0.15, 0.2) is 0 Å². The molecule has 1 unspecified atom stereocenters. The Hall–Kier alpha value is -1.80. The summed E-state index contributed by atoms with van der Waals surface area (Å²) in [5.74, 6) is -2.08. The van der Waals surface area contributed by atoms with Crippen LogP contribution in [0.4, 0.5) is 18.9 Å². The third-order valence-corrected chi connectivity index (χ3v) is 4.33. The Labute approximate surface area is 142 Å². The Bertz CT molecular complexity index is 666. The molecule has 3 N–H and O–H groups in total. The van der Waals surface area contributed by atoms with Crippen molar-refractivity contribution >= 4 is 29.9 Å². The van der Waals surface area contributed by atoms with Gasteiger partial charge in [-0.05, 0) is 42.5 Å². The van der Waals surface area contributed by atoms with Crippen molar-refractivity contribution in [1.82, 2.24) is 5.32 Å². The molecule has 1 saturated heterocycles. The van der Waals surface area contributed by atoms with Crippen molar-refractivity contribution in [2.75, 3.05) is 11.4 Å². The standard InChI is InChI=1S/C15H16F3N3O2.ClH/c16-15(17,18)14(23)20-12-4-1-8-7-9(2-3-10(8)12)21-6-5-11(19)13(21)22;/h2-3,7,11-12H,1,4-6,19H2,(H,20,23);1H/t11-,12?;/m0./s1. The van der Waals surface area contributed by atoms with Gasteiger partial charge in [0, 0.05) is 12.2 Å². The van der Waals surface area contributed by atoms with Crippen LogP contribution in [-0.4, -0.2) is 30.6 Å². The minimum absolute atomic E-state index is 0. The molecular weight excluding hydrogens is 347 g/mol. The van der Waals surface area contributed by atoms with Gasteiger partial charge in [-0.1, -0.05) is 6.07 Å². The maximum absolute atomic E-state index is 12.4. The molecule has 1 heterocycles. The lowest BCUT2D eigenvalue weighted by Gasteiger charge is -2.19. The first kappa shape index (κ1) is 18.5.